The van der Waals surface area contributed by atoms with E-state index < -0.39 is 0 Å². The largest absolute Gasteiger partial charge is 0.349 e. The molecule has 1 heterocycles. The molecule has 0 atom stereocenters. The van der Waals surface area contributed by atoms with Crippen LogP contribution in [0.5, 0.6) is 0 Å². The first-order valence-electron chi connectivity index (χ1n) is 3.69. The van der Waals surface area contributed by atoms with Crippen molar-refractivity contribution < 1.29 is 4.79 Å². The van der Waals surface area contributed by atoms with Gasteiger partial charge in [0.2, 0.25) is 0 Å². The topological polar surface area (TPSA) is 57.1 Å². The van der Waals surface area contributed by atoms with Crippen LogP contribution < -0.4 is 5.32 Å². The van der Waals surface area contributed by atoms with Gasteiger partial charge in [-0.05, 0) is 22.6 Å². The van der Waals surface area contributed by atoms with Gasteiger partial charge in [0.25, 0.3) is 0 Å². The summed E-state index contributed by atoms with van der Waals surface area (Å²) in [7, 11) is 0. The van der Waals surface area contributed by atoms with Gasteiger partial charge in [-0.25, -0.2) is 9.79 Å². The molecule has 5 nitrogen and oxygen atoms in total. The van der Waals surface area contributed by atoms with Gasteiger partial charge in [0.05, 0.1) is 6.34 Å². The third-order valence-electron chi connectivity index (χ3n) is 1.03. The lowest BCUT2D eigenvalue weighted by Crippen LogP contribution is -2.38. The van der Waals surface area contributed by atoms with E-state index in [0.717, 1.165) is 5.01 Å². The molecule has 13 heavy (non-hydrogen) atoms. The summed E-state index contributed by atoms with van der Waals surface area (Å²) in [5.74, 6) is 0.462. The summed E-state index contributed by atoms with van der Waals surface area (Å²) in [5.41, 5.74) is 0. The second-order valence-corrected chi connectivity index (χ2v) is 2.25. The van der Waals surface area contributed by atoms with Crippen LogP contribution in [0.3, 0.4) is 0 Å². The van der Waals surface area contributed by atoms with Crippen molar-refractivity contribution in [2.45, 2.75) is 13.8 Å². The molecule has 6 heteroatoms. The van der Waals surface area contributed by atoms with E-state index in [-0.39, 0.29) is 6.03 Å². The van der Waals surface area contributed by atoms with E-state index in [1.165, 1.54) is 6.34 Å². The molecule has 2 amide bonds. The molecule has 0 spiro atoms. The molecule has 1 aliphatic heterocycles. The quantitative estimate of drug-likeness (QED) is 0.583. The SMILES string of the molecule is C=NN1C(=O)NC=N/C1=C\I.CC. The van der Waals surface area contributed by atoms with Crippen molar-refractivity contribution in [1.29, 1.82) is 0 Å². The molecule has 0 aromatic heterocycles. The number of urea groups is 1. The molecule has 0 saturated heterocycles. The Morgan fingerprint density at radius 3 is 2.77 bits per heavy atom. The number of nitrogens with zero attached hydrogens (tertiary/aromatic N) is 3. The Balaban J connectivity index is 0.000000671. The number of halogens is 1. The zero-order chi connectivity index (χ0) is 10.3. The summed E-state index contributed by atoms with van der Waals surface area (Å²) >= 11 is 1.97. The average molecular weight is 294 g/mol. The molecular formula is C7H11IN4O. The van der Waals surface area contributed by atoms with E-state index in [2.05, 4.69) is 22.1 Å². The summed E-state index contributed by atoms with van der Waals surface area (Å²) in [6.45, 7) is 7.23. The maximum Gasteiger partial charge on any atom is 0.349 e. The van der Waals surface area contributed by atoms with Gasteiger partial charge < -0.3 is 0 Å². The van der Waals surface area contributed by atoms with Crippen LogP contribution in [0, 0.1) is 0 Å². The molecule has 0 bridgehead atoms. The number of hydrogen-bond donors (Lipinski definition) is 1. The minimum atomic E-state index is -0.349. The Hall–Kier alpha value is -0.920. The fourth-order valence-electron chi connectivity index (χ4n) is 0.585. The van der Waals surface area contributed by atoms with Gasteiger partial charge in [0.1, 0.15) is 0 Å². The van der Waals surface area contributed by atoms with Crippen LogP contribution in [-0.2, 0) is 0 Å². The highest BCUT2D eigenvalue weighted by molar-refractivity contribution is 14.1. The van der Waals surface area contributed by atoms with E-state index >= 15 is 0 Å². The van der Waals surface area contributed by atoms with Gasteiger partial charge in [0, 0.05) is 10.8 Å². The highest BCUT2D eigenvalue weighted by Crippen LogP contribution is 2.10. The lowest BCUT2D eigenvalue weighted by Gasteiger charge is -2.18. The minimum Gasteiger partial charge on any atom is -0.296 e. The number of nitrogens with one attached hydrogen (secondary N) is 1. The smallest absolute Gasteiger partial charge is 0.296 e. The number of hydrogen-bond acceptors (Lipinski definition) is 3. The fraction of sp³-hybridized carbons (Fsp3) is 0.286. The summed E-state index contributed by atoms with van der Waals surface area (Å²) < 4.78 is 1.64. The maximum atomic E-state index is 10.9. The summed E-state index contributed by atoms with van der Waals surface area (Å²) in [4.78, 5) is 14.8. The van der Waals surface area contributed by atoms with Crippen molar-refractivity contribution in [2.75, 3.05) is 0 Å². The zero-order valence-corrected chi connectivity index (χ0v) is 9.65. The van der Waals surface area contributed by atoms with E-state index in [0.29, 0.717) is 5.82 Å². The highest BCUT2D eigenvalue weighted by atomic mass is 127. The number of aliphatic imine (C=N–C) groups is 1. The number of hydrazone groups is 1. The van der Waals surface area contributed by atoms with Crippen LogP contribution in [0.4, 0.5) is 4.79 Å². The standard InChI is InChI=1S/C5H5IN4O.C2H6/c1-7-10-4(2-6)8-3-9-5(10)11;1-2/h2-3H,1H2,(H,8,9,11);1-2H3/b4-2+;. The van der Waals surface area contributed by atoms with Gasteiger partial charge in [-0.15, -0.1) is 0 Å². The lowest BCUT2D eigenvalue weighted by molar-refractivity contribution is 0.216. The molecule has 72 valence electrons. The summed E-state index contributed by atoms with van der Waals surface area (Å²) in [6.07, 6.45) is 1.31. The fourth-order valence-corrected chi connectivity index (χ4v) is 1.01. The number of carbonyl (C=O) groups is 1. The maximum absolute atomic E-state index is 10.9. The first kappa shape index (κ1) is 12.1. The predicted molar refractivity (Wildman–Crippen MR) is 61.9 cm³/mol. The molecule has 0 aromatic rings. The van der Waals surface area contributed by atoms with Crippen LogP contribution in [0.2, 0.25) is 0 Å². The van der Waals surface area contributed by atoms with Crippen molar-refractivity contribution in [3.8, 4) is 0 Å². The zero-order valence-electron chi connectivity index (χ0n) is 7.49. The lowest BCUT2D eigenvalue weighted by atomic mass is 10.7. The van der Waals surface area contributed by atoms with Crippen molar-refractivity contribution in [3.63, 3.8) is 0 Å². The van der Waals surface area contributed by atoms with Crippen LogP contribution in [0.1, 0.15) is 13.8 Å². The monoisotopic (exact) mass is 294 g/mol. The van der Waals surface area contributed by atoms with Gasteiger partial charge in [0.15, 0.2) is 5.82 Å². The van der Waals surface area contributed by atoms with Crippen molar-refractivity contribution in [1.82, 2.24) is 10.3 Å². The molecule has 0 fully saturated rings. The third-order valence-corrected chi connectivity index (χ3v) is 1.59. The Bertz CT molecular complexity index is 249. The van der Waals surface area contributed by atoms with Crippen molar-refractivity contribution >= 4 is 41.7 Å². The number of amides is 2. The van der Waals surface area contributed by atoms with Crippen LogP contribution in [0.15, 0.2) is 20.0 Å². The molecular weight excluding hydrogens is 283 g/mol. The van der Waals surface area contributed by atoms with E-state index in [1.54, 1.807) is 4.08 Å². The van der Waals surface area contributed by atoms with E-state index in [9.17, 15) is 4.79 Å². The number of rotatable bonds is 1. The molecule has 1 N–H and O–H groups in total. The highest BCUT2D eigenvalue weighted by Gasteiger charge is 2.17. The molecule has 1 aliphatic rings. The van der Waals surface area contributed by atoms with Crippen molar-refractivity contribution in [3.05, 3.63) is 9.90 Å². The third kappa shape index (κ3) is 3.13. The normalized spacial score (nSPS) is 17.6. The van der Waals surface area contributed by atoms with Gasteiger partial charge in [-0.3, -0.25) is 5.32 Å². The molecule has 0 aliphatic carbocycles. The molecule has 1 rings (SSSR count). The van der Waals surface area contributed by atoms with E-state index in [4.69, 9.17) is 0 Å². The first-order chi connectivity index (χ1) is 6.29. The second-order valence-electron chi connectivity index (χ2n) is 1.63. The first-order valence-corrected chi connectivity index (χ1v) is 4.94. The van der Waals surface area contributed by atoms with Crippen LogP contribution in [0.25, 0.3) is 0 Å². The van der Waals surface area contributed by atoms with Gasteiger partial charge in [-0.1, -0.05) is 13.8 Å². The summed E-state index contributed by atoms with van der Waals surface area (Å²) in [6, 6.07) is -0.349. The predicted octanol–water partition coefficient (Wildman–Crippen LogP) is 1.92. The molecule has 0 aromatic carbocycles. The van der Waals surface area contributed by atoms with Crippen LogP contribution >= 0.6 is 22.6 Å². The second kappa shape index (κ2) is 6.58. The van der Waals surface area contributed by atoms with Gasteiger partial charge >= 0.3 is 6.03 Å². The Morgan fingerprint density at radius 2 is 2.38 bits per heavy atom. The van der Waals surface area contributed by atoms with Gasteiger partial charge in [-0.2, -0.15) is 10.1 Å². The average Bonchev–Trinajstić information content (AvgIpc) is 2.20. The molecule has 0 unspecified atom stereocenters. The van der Waals surface area contributed by atoms with Crippen molar-refractivity contribution in [2.24, 2.45) is 10.1 Å². The molecule has 0 saturated carbocycles. The minimum absolute atomic E-state index is 0.349. The van der Waals surface area contributed by atoms with E-state index in [1.807, 2.05) is 36.4 Å². The molecule has 0 radical (unpaired) electrons. The number of carbonyl (C=O) groups excluding carboxylic acids is 1. The Morgan fingerprint density at radius 1 is 1.77 bits per heavy atom. The Labute approximate surface area is 90.7 Å². The van der Waals surface area contributed by atoms with Crippen LogP contribution in [-0.4, -0.2) is 24.1 Å². The summed E-state index contributed by atoms with van der Waals surface area (Å²) in [5, 5.41) is 6.91. The Kier molecular flexibility index (Phi) is 6.11.